The van der Waals surface area contributed by atoms with Gasteiger partial charge < -0.3 is 4.90 Å². The van der Waals surface area contributed by atoms with Gasteiger partial charge in [0.15, 0.2) is 10.9 Å². The first-order valence-electron chi connectivity index (χ1n) is 6.92. The summed E-state index contributed by atoms with van der Waals surface area (Å²) >= 11 is 1.60. The Morgan fingerprint density at radius 2 is 2.33 bits per heavy atom. The maximum absolute atomic E-state index is 11.3. The molecule has 4 heteroatoms. The topological polar surface area (TPSA) is 33.2 Å². The van der Waals surface area contributed by atoms with Crippen molar-refractivity contribution in [3.05, 3.63) is 11.1 Å². The molecule has 1 saturated heterocycles. The molecule has 18 heavy (non-hydrogen) atoms. The second kappa shape index (κ2) is 6.32. The Kier molecular flexibility index (Phi) is 4.75. The van der Waals surface area contributed by atoms with Gasteiger partial charge in [0.25, 0.3) is 0 Å². The number of ketones is 1. The van der Waals surface area contributed by atoms with E-state index in [0.29, 0.717) is 5.69 Å². The van der Waals surface area contributed by atoms with Gasteiger partial charge in [-0.25, -0.2) is 4.98 Å². The minimum absolute atomic E-state index is 0.0659. The molecule has 0 aromatic carbocycles. The zero-order valence-electron chi connectivity index (χ0n) is 11.3. The highest BCUT2D eigenvalue weighted by molar-refractivity contribution is 7.13. The number of Topliss-reactive ketones (excluding diaryl/α,β-unsaturated/α-hetero) is 1. The van der Waals surface area contributed by atoms with Crippen molar-refractivity contribution in [2.24, 2.45) is 5.92 Å². The molecule has 2 heterocycles. The van der Waals surface area contributed by atoms with Crippen molar-refractivity contribution in [1.29, 1.82) is 0 Å². The van der Waals surface area contributed by atoms with Crippen molar-refractivity contribution in [2.45, 2.75) is 46.0 Å². The summed E-state index contributed by atoms with van der Waals surface area (Å²) in [7, 11) is 0. The summed E-state index contributed by atoms with van der Waals surface area (Å²) in [5, 5.41) is 2.91. The average Bonchev–Trinajstić information content (AvgIpc) is 2.72. The highest BCUT2D eigenvalue weighted by Gasteiger charge is 2.19. The van der Waals surface area contributed by atoms with Crippen LogP contribution in [-0.2, 0) is 0 Å². The van der Waals surface area contributed by atoms with Crippen molar-refractivity contribution in [2.75, 3.05) is 18.0 Å². The summed E-state index contributed by atoms with van der Waals surface area (Å²) in [4.78, 5) is 18.1. The van der Waals surface area contributed by atoms with Crippen LogP contribution >= 0.6 is 11.3 Å². The van der Waals surface area contributed by atoms with Crippen molar-refractivity contribution in [3.8, 4) is 0 Å². The van der Waals surface area contributed by atoms with Crippen LogP contribution in [0.5, 0.6) is 0 Å². The Hall–Kier alpha value is -0.900. The fourth-order valence-electron chi connectivity index (χ4n) is 2.62. The maximum atomic E-state index is 11.3. The molecule has 0 saturated carbocycles. The summed E-state index contributed by atoms with van der Waals surface area (Å²) in [6, 6.07) is 0. The van der Waals surface area contributed by atoms with Gasteiger partial charge in [-0.1, -0.05) is 19.8 Å². The van der Waals surface area contributed by atoms with Crippen LogP contribution in [0.15, 0.2) is 5.38 Å². The largest absolute Gasteiger partial charge is 0.348 e. The number of nitrogens with zero attached hydrogens (tertiary/aromatic N) is 2. The van der Waals surface area contributed by atoms with Crippen molar-refractivity contribution in [1.82, 2.24) is 4.98 Å². The number of carbonyl (C=O) groups excluding carboxylic acids is 1. The van der Waals surface area contributed by atoms with Crippen LogP contribution in [0.4, 0.5) is 5.13 Å². The van der Waals surface area contributed by atoms with Gasteiger partial charge in [0.2, 0.25) is 0 Å². The fraction of sp³-hybridized carbons (Fsp3) is 0.714. The van der Waals surface area contributed by atoms with Crippen molar-refractivity contribution in [3.63, 3.8) is 0 Å². The summed E-state index contributed by atoms with van der Waals surface area (Å²) in [5.41, 5.74) is 0.615. The standard InChI is InChI=1S/C14H22N2OS/c1-3-5-12-6-4-8-16(9-7-12)14-15-13(10-18-14)11(2)17/h10,12H,3-9H2,1-2H3. The molecule has 0 bridgehead atoms. The molecule has 1 aromatic rings. The van der Waals surface area contributed by atoms with Crippen molar-refractivity contribution < 1.29 is 4.79 Å². The van der Waals surface area contributed by atoms with Crippen LogP contribution in [0.25, 0.3) is 0 Å². The molecule has 0 spiro atoms. The quantitative estimate of drug-likeness (QED) is 0.778. The Morgan fingerprint density at radius 3 is 3.00 bits per heavy atom. The lowest BCUT2D eigenvalue weighted by molar-refractivity contribution is 0.101. The van der Waals surface area contributed by atoms with Crippen LogP contribution in [0, 0.1) is 5.92 Å². The molecule has 0 N–H and O–H groups in total. The zero-order valence-corrected chi connectivity index (χ0v) is 12.1. The smallest absolute Gasteiger partial charge is 0.185 e. The molecule has 1 aromatic heterocycles. The van der Waals surface area contributed by atoms with Gasteiger partial charge in [0.05, 0.1) is 0 Å². The third-order valence-electron chi connectivity index (χ3n) is 3.67. The van der Waals surface area contributed by atoms with Crippen molar-refractivity contribution >= 4 is 22.3 Å². The molecular weight excluding hydrogens is 244 g/mol. The van der Waals surface area contributed by atoms with E-state index in [-0.39, 0.29) is 5.78 Å². The molecular formula is C14H22N2OS. The van der Waals surface area contributed by atoms with E-state index in [0.717, 1.165) is 24.1 Å². The second-order valence-corrected chi connectivity index (χ2v) is 5.98. The molecule has 1 fully saturated rings. The van der Waals surface area contributed by atoms with Crippen LogP contribution in [0.2, 0.25) is 0 Å². The van der Waals surface area contributed by atoms with E-state index in [2.05, 4.69) is 16.8 Å². The highest BCUT2D eigenvalue weighted by Crippen LogP contribution is 2.27. The molecule has 1 aliphatic heterocycles. The van der Waals surface area contributed by atoms with Crippen LogP contribution in [-0.4, -0.2) is 23.9 Å². The Morgan fingerprint density at radius 1 is 1.50 bits per heavy atom. The minimum atomic E-state index is 0.0659. The first-order chi connectivity index (χ1) is 8.70. The number of thiazole rings is 1. The van der Waals surface area contributed by atoms with E-state index in [1.165, 1.54) is 32.1 Å². The molecule has 0 radical (unpaired) electrons. The zero-order chi connectivity index (χ0) is 13.0. The molecule has 0 amide bonds. The molecule has 1 aliphatic rings. The number of aromatic nitrogens is 1. The normalized spacial score (nSPS) is 20.8. The summed E-state index contributed by atoms with van der Waals surface area (Å²) in [6.07, 6.45) is 6.50. The van der Waals surface area contributed by atoms with Gasteiger partial charge in [-0.05, 0) is 25.2 Å². The Labute approximate surface area is 113 Å². The molecule has 2 rings (SSSR count). The highest BCUT2D eigenvalue weighted by atomic mass is 32.1. The second-order valence-electron chi connectivity index (χ2n) is 5.14. The average molecular weight is 266 g/mol. The molecule has 1 atom stereocenters. The van der Waals surface area contributed by atoms with E-state index >= 15 is 0 Å². The number of carbonyl (C=O) groups is 1. The first kappa shape index (κ1) is 13.5. The Balaban J connectivity index is 1.98. The van der Waals surface area contributed by atoms with E-state index in [1.54, 1.807) is 18.3 Å². The molecule has 1 unspecified atom stereocenters. The first-order valence-corrected chi connectivity index (χ1v) is 7.80. The molecule has 3 nitrogen and oxygen atoms in total. The van der Waals surface area contributed by atoms with Gasteiger partial charge in [-0.3, -0.25) is 4.79 Å². The van der Waals surface area contributed by atoms with Gasteiger partial charge >= 0.3 is 0 Å². The van der Waals surface area contributed by atoms with Crippen LogP contribution in [0.3, 0.4) is 0 Å². The van der Waals surface area contributed by atoms with E-state index in [4.69, 9.17) is 0 Å². The van der Waals surface area contributed by atoms with E-state index in [1.807, 2.05) is 5.38 Å². The lowest BCUT2D eigenvalue weighted by Gasteiger charge is -2.19. The lowest BCUT2D eigenvalue weighted by Crippen LogP contribution is -2.24. The van der Waals surface area contributed by atoms with Crippen LogP contribution in [0.1, 0.15) is 56.4 Å². The number of rotatable bonds is 4. The van der Waals surface area contributed by atoms with Gasteiger partial charge in [-0.2, -0.15) is 0 Å². The SMILES string of the molecule is CCCC1CCCN(c2nc(C(C)=O)cs2)CC1. The maximum Gasteiger partial charge on any atom is 0.185 e. The monoisotopic (exact) mass is 266 g/mol. The summed E-state index contributed by atoms with van der Waals surface area (Å²) < 4.78 is 0. The van der Waals surface area contributed by atoms with Gasteiger partial charge in [0.1, 0.15) is 5.69 Å². The third kappa shape index (κ3) is 3.31. The summed E-state index contributed by atoms with van der Waals surface area (Å²) in [6.45, 7) is 6.03. The van der Waals surface area contributed by atoms with Gasteiger partial charge in [0, 0.05) is 25.4 Å². The third-order valence-corrected chi connectivity index (χ3v) is 4.57. The predicted octanol–water partition coefficient (Wildman–Crippen LogP) is 3.75. The molecule has 0 aliphatic carbocycles. The number of hydrogen-bond acceptors (Lipinski definition) is 4. The predicted molar refractivity (Wildman–Crippen MR) is 76.6 cm³/mol. The Bertz CT molecular complexity index is 402. The minimum Gasteiger partial charge on any atom is -0.348 e. The van der Waals surface area contributed by atoms with Crippen LogP contribution < -0.4 is 4.90 Å². The van der Waals surface area contributed by atoms with E-state index in [9.17, 15) is 4.79 Å². The lowest BCUT2D eigenvalue weighted by atomic mass is 9.96. The number of anilines is 1. The number of hydrogen-bond donors (Lipinski definition) is 0. The van der Waals surface area contributed by atoms with E-state index < -0.39 is 0 Å². The fourth-order valence-corrected chi connectivity index (χ4v) is 3.54. The molecule has 100 valence electrons. The summed E-state index contributed by atoms with van der Waals surface area (Å²) in [5.74, 6) is 0.948. The van der Waals surface area contributed by atoms with Gasteiger partial charge in [-0.15, -0.1) is 11.3 Å².